The number of ketones is 1. The Morgan fingerprint density at radius 2 is 2.10 bits per heavy atom. The number of aromatic nitrogens is 1. The van der Waals surface area contributed by atoms with Gasteiger partial charge in [-0.25, -0.2) is 4.79 Å². The highest BCUT2D eigenvalue weighted by Gasteiger charge is 2.14. The molecule has 2 rings (SSSR count). The van der Waals surface area contributed by atoms with Gasteiger partial charge in [0.25, 0.3) is 0 Å². The van der Waals surface area contributed by atoms with E-state index in [4.69, 9.17) is 9.15 Å². The molecule has 0 spiro atoms. The van der Waals surface area contributed by atoms with Crippen LogP contribution in [0.4, 0.5) is 0 Å². The molecule has 0 aliphatic carbocycles. The molecule has 0 saturated carbocycles. The first kappa shape index (κ1) is 13.8. The third-order valence-corrected chi connectivity index (χ3v) is 2.83. The minimum absolute atomic E-state index is 0.151. The summed E-state index contributed by atoms with van der Waals surface area (Å²) in [7, 11) is 1.58. The number of carbonyl (C=O) groups is 2. The predicted octanol–water partition coefficient (Wildman–Crippen LogP) is 1.43. The van der Waals surface area contributed by atoms with Crippen LogP contribution in [0, 0.1) is 0 Å². The smallest absolute Gasteiger partial charge is 0.419 e. The molecule has 0 aliphatic rings. The van der Waals surface area contributed by atoms with Crippen molar-refractivity contribution in [2.75, 3.05) is 6.61 Å². The molecule has 104 valence electrons. The van der Waals surface area contributed by atoms with Gasteiger partial charge in [0.2, 0.25) is 0 Å². The maximum atomic E-state index is 12.1. The summed E-state index contributed by atoms with van der Waals surface area (Å²) in [6, 6.07) is 4.66. The second kappa shape index (κ2) is 5.16. The molecule has 1 aromatic carbocycles. The third kappa shape index (κ3) is 2.54. The first-order valence-corrected chi connectivity index (χ1v) is 5.85. The molecule has 1 heterocycles. The number of aryl methyl sites for hydroxylation is 1. The van der Waals surface area contributed by atoms with E-state index in [9.17, 15) is 14.4 Å². The minimum atomic E-state index is -0.497. The zero-order valence-electron chi connectivity index (χ0n) is 11.1. The monoisotopic (exact) mass is 275 g/mol. The molecule has 6 nitrogen and oxygen atoms in total. The second-order valence-electron chi connectivity index (χ2n) is 4.32. The van der Waals surface area contributed by atoms with E-state index in [-0.39, 0.29) is 18.0 Å². The lowest BCUT2D eigenvalue weighted by Crippen LogP contribution is -2.11. The van der Waals surface area contributed by atoms with Crippen LogP contribution in [0.5, 0.6) is 0 Å². The largest absolute Gasteiger partial charge is 0.461 e. The van der Waals surface area contributed by atoms with E-state index in [0.717, 1.165) is 0 Å². The van der Waals surface area contributed by atoms with Gasteiger partial charge in [0.15, 0.2) is 11.4 Å². The quantitative estimate of drug-likeness (QED) is 0.479. The lowest BCUT2D eigenvalue weighted by atomic mass is 10.1. The number of hydrogen-bond acceptors (Lipinski definition) is 5. The maximum absolute atomic E-state index is 12.1. The highest BCUT2D eigenvalue weighted by Crippen LogP contribution is 2.16. The van der Waals surface area contributed by atoms with E-state index in [1.807, 2.05) is 0 Å². The van der Waals surface area contributed by atoms with Crippen LogP contribution in [0.25, 0.3) is 11.1 Å². The Bertz CT molecular complexity index is 765. The number of Topliss-reactive ketones (excluding diaryl/α,β-unsaturated/α-hetero) is 1. The van der Waals surface area contributed by atoms with E-state index in [1.54, 1.807) is 19.2 Å². The molecule has 0 N–H and O–H groups in total. The molecule has 0 unspecified atom stereocenters. The van der Waals surface area contributed by atoms with Gasteiger partial charge in [0.1, 0.15) is 6.61 Å². The lowest BCUT2D eigenvalue weighted by Gasteiger charge is -2.05. The van der Waals surface area contributed by atoms with E-state index in [0.29, 0.717) is 16.7 Å². The van der Waals surface area contributed by atoms with Gasteiger partial charge in [0.05, 0.1) is 5.52 Å². The fourth-order valence-corrected chi connectivity index (χ4v) is 1.73. The zero-order valence-corrected chi connectivity index (χ0v) is 11.1. The first-order valence-electron chi connectivity index (χ1n) is 5.85. The van der Waals surface area contributed by atoms with Gasteiger partial charge < -0.3 is 9.15 Å². The molecule has 0 radical (unpaired) electrons. The summed E-state index contributed by atoms with van der Waals surface area (Å²) in [5.74, 6) is -1.34. The summed E-state index contributed by atoms with van der Waals surface area (Å²) in [6.07, 6.45) is 0. The van der Waals surface area contributed by atoms with Crippen LogP contribution >= 0.6 is 0 Å². The van der Waals surface area contributed by atoms with Crippen molar-refractivity contribution in [2.24, 2.45) is 7.05 Å². The fourth-order valence-electron chi connectivity index (χ4n) is 1.73. The van der Waals surface area contributed by atoms with Gasteiger partial charge in [-0.2, -0.15) is 0 Å². The summed E-state index contributed by atoms with van der Waals surface area (Å²) >= 11 is 0. The Morgan fingerprint density at radius 3 is 2.75 bits per heavy atom. The van der Waals surface area contributed by atoms with Crippen LogP contribution in [0.3, 0.4) is 0 Å². The molecular formula is C14H13NO5. The molecule has 6 heteroatoms. The average molecular weight is 275 g/mol. The van der Waals surface area contributed by atoms with E-state index in [2.05, 4.69) is 6.58 Å². The second-order valence-corrected chi connectivity index (χ2v) is 4.32. The predicted molar refractivity (Wildman–Crippen MR) is 71.6 cm³/mol. The van der Waals surface area contributed by atoms with Crippen molar-refractivity contribution in [1.82, 2.24) is 4.57 Å². The van der Waals surface area contributed by atoms with Crippen LogP contribution in [0.15, 0.2) is 39.6 Å². The Kier molecular flexibility index (Phi) is 3.56. The molecule has 0 saturated heterocycles. The molecule has 0 aliphatic heterocycles. The number of hydrogen-bond donors (Lipinski definition) is 0. The van der Waals surface area contributed by atoms with Gasteiger partial charge >= 0.3 is 11.7 Å². The van der Waals surface area contributed by atoms with Crippen LogP contribution in [0.1, 0.15) is 17.3 Å². The number of nitrogens with zero attached hydrogens (tertiary/aromatic N) is 1. The number of fused-ring (bicyclic) bond motifs is 1. The van der Waals surface area contributed by atoms with Gasteiger partial charge in [-0.3, -0.25) is 14.2 Å². The maximum Gasteiger partial charge on any atom is 0.419 e. The molecule has 0 atom stereocenters. The Morgan fingerprint density at radius 1 is 1.40 bits per heavy atom. The summed E-state index contributed by atoms with van der Waals surface area (Å²) in [6.45, 7) is 4.67. The summed E-state index contributed by atoms with van der Waals surface area (Å²) < 4.78 is 11.1. The van der Waals surface area contributed by atoms with Crippen molar-refractivity contribution in [3.63, 3.8) is 0 Å². The Balaban J connectivity index is 2.29. The number of esters is 1. The molecule has 1 aromatic heterocycles. The van der Waals surface area contributed by atoms with E-state index < -0.39 is 11.7 Å². The fraction of sp³-hybridized carbons (Fsp3) is 0.214. The van der Waals surface area contributed by atoms with Crippen molar-refractivity contribution in [3.8, 4) is 0 Å². The van der Waals surface area contributed by atoms with Gasteiger partial charge in [-0.1, -0.05) is 6.58 Å². The van der Waals surface area contributed by atoms with Crippen molar-refractivity contribution >= 4 is 22.9 Å². The summed E-state index contributed by atoms with van der Waals surface area (Å²) in [4.78, 5) is 34.1. The molecule has 0 amide bonds. The lowest BCUT2D eigenvalue weighted by molar-refractivity contribution is -0.139. The highest BCUT2D eigenvalue weighted by atomic mass is 16.5. The molecule has 0 fully saturated rings. The summed E-state index contributed by atoms with van der Waals surface area (Å²) in [5.41, 5.74) is 1.39. The van der Waals surface area contributed by atoms with Crippen molar-refractivity contribution < 1.29 is 18.7 Å². The first-order chi connectivity index (χ1) is 9.40. The number of benzene rings is 1. The number of carbonyl (C=O) groups excluding carboxylic acids is 2. The summed E-state index contributed by atoms with van der Waals surface area (Å²) in [5, 5.41) is 0. The van der Waals surface area contributed by atoms with E-state index >= 15 is 0 Å². The number of rotatable bonds is 4. The highest BCUT2D eigenvalue weighted by molar-refractivity contribution is 6.09. The normalized spacial score (nSPS) is 10.5. The molecule has 0 bridgehead atoms. The van der Waals surface area contributed by atoms with Gasteiger partial charge in [0, 0.05) is 25.1 Å². The van der Waals surface area contributed by atoms with Crippen LogP contribution < -0.4 is 5.76 Å². The van der Waals surface area contributed by atoms with Crippen molar-refractivity contribution in [2.45, 2.75) is 6.92 Å². The van der Waals surface area contributed by atoms with Crippen molar-refractivity contribution in [1.29, 1.82) is 0 Å². The molecular weight excluding hydrogens is 262 g/mol. The molecule has 2 aromatic rings. The minimum Gasteiger partial charge on any atom is -0.461 e. The third-order valence-electron chi connectivity index (χ3n) is 2.83. The molecule has 20 heavy (non-hydrogen) atoms. The van der Waals surface area contributed by atoms with Crippen LogP contribution in [-0.4, -0.2) is 22.9 Å². The van der Waals surface area contributed by atoms with Crippen LogP contribution in [-0.2, 0) is 16.6 Å². The number of oxazole rings is 1. The topological polar surface area (TPSA) is 78.5 Å². The SMILES string of the molecule is C=C(COC(C)=O)C(=O)c1ccc2c(c1)oc(=O)n2C. The van der Waals surface area contributed by atoms with Gasteiger partial charge in [-0.05, 0) is 18.2 Å². The zero-order chi connectivity index (χ0) is 14.9. The average Bonchev–Trinajstić information content (AvgIpc) is 2.70. The van der Waals surface area contributed by atoms with Gasteiger partial charge in [-0.15, -0.1) is 0 Å². The van der Waals surface area contributed by atoms with Crippen LogP contribution in [0.2, 0.25) is 0 Å². The van der Waals surface area contributed by atoms with E-state index in [1.165, 1.54) is 17.6 Å². The number of ether oxygens (including phenoxy) is 1. The van der Waals surface area contributed by atoms with Crippen molar-refractivity contribution in [3.05, 3.63) is 46.5 Å². The Hall–Kier alpha value is -2.63. The standard InChI is InChI=1S/C14H13NO5/c1-8(7-19-9(2)16)13(17)10-4-5-11-12(6-10)20-14(18)15(11)3/h4-6H,1,7H2,2-3H3. The Labute approximate surface area is 114 Å².